The maximum atomic E-state index is 13.3. The van der Waals surface area contributed by atoms with Crippen molar-refractivity contribution in [2.24, 2.45) is 17.6 Å². The molecule has 24 heavy (non-hydrogen) atoms. The minimum atomic E-state index is -0.448. The van der Waals surface area contributed by atoms with Crippen LogP contribution in [0.3, 0.4) is 0 Å². The van der Waals surface area contributed by atoms with E-state index in [0.29, 0.717) is 32.2 Å². The summed E-state index contributed by atoms with van der Waals surface area (Å²) in [5, 5.41) is 0.0774. The molecule has 1 aromatic rings. The highest BCUT2D eigenvalue weighted by atomic mass is 35.5. The summed E-state index contributed by atoms with van der Waals surface area (Å²) in [6.45, 7) is 2.12. The number of morpholine rings is 1. The number of hydrogen-bond acceptors (Lipinski definition) is 3. The fourth-order valence-corrected chi connectivity index (χ4v) is 3.83. The lowest BCUT2D eigenvalue weighted by molar-refractivity contribution is -0.144. The molecule has 0 aromatic heterocycles. The minimum Gasteiger partial charge on any atom is -0.370 e. The van der Waals surface area contributed by atoms with Crippen molar-refractivity contribution in [2.45, 2.75) is 25.4 Å². The zero-order valence-electron chi connectivity index (χ0n) is 13.4. The van der Waals surface area contributed by atoms with Gasteiger partial charge in [-0.25, -0.2) is 4.39 Å². The predicted molar refractivity (Wildman–Crippen MR) is 93.8 cm³/mol. The third-order valence-electron chi connectivity index (χ3n) is 4.97. The number of amides is 1. The van der Waals surface area contributed by atoms with Crippen molar-refractivity contribution in [3.63, 3.8) is 0 Å². The molecule has 2 fully saturated rings. The first-order valence-electron chi connectivity index (χ1n) is 8.15. The van der Waals surface area contributed by atoms with Crippen LogP contribution in [-0.4, -0.2) is 37.0 Å². The van der Waals surface area contributed by atoms with Gasteiger partial charge in [-0.05, 0) is 43.0 Å². The Morgan fingerprint density at radius 1 is 1.42 bits per heavy atom. The maximum absolute atomic E-state index is 13.3. The van der Waals surface area contributed by atoms with Crippen LogP contribution in [0.1, 0.15) is 30.9 Å². The molecule has 1 heterocycles. The topological polar surface area (TPSA) is 55.6 Å². The number of hydrogen-bond donors (Lipinski definition) is 1. The van der Waals surface area contributed by atoms with E-state index in [-0.39, 0.29) is 35.4 Å². The van der Waals surface area contributed by atoms with Crippen LogP contribution >= 0.6 is 24.0 Å². The van der Waals surface area contributed by atoms with Crippen molar-refractivity contribution in [3.05, 3.63) is 34.6 Å². The summed E-state index contributed by atoms with van der Waals surface area (Å²) in [6.07, 6.45) is 2.77. The van der Waals surface area contributed by atoms with Gasteiger partial charge in [-0.1, -0.05) is 24.1 Å². The molecule has 2 N–H and O–H groups in total. The van der Waals surface area contributed by atoms with Crippen molar-refractivity contribution >= 4 is 29.9 Å². The third-order valence-corrected chi connectivity index (χ3v) is 5.26. The Balaban J connectivity index is 0.00000208. The second-order valence-corrected chi connectivity index (χ2v) is 6.76. The van der Waals surface area contributed by atoms with E-state index in [1.807, 2.05) is 4.90 Å². The van der Waals surface area contributed by atoms with E-state index in [4.69, 9.17) is 22.1 Å². The van der Waals surface area contributed by atoms with E-state index >= 15 is 0 Å². The number of carbonyl (C=O) groups excluding carboxylic acids is 1. The van der Waals surface area contributed by atoms with Gasteiger partial charge in [0.15, 0.2) is 0 Å². The highest BCUT2D eigenvalue weighted by molar-refractivity contribution is 6.30. The molecule has 1 unspecified atom stereocenters. The lowest BCUT2D eigenvalue weighted by Gasteiger charge is -2.35. The summed E-state index contributed by atoms with van der Waals surface area (Å²) in [5.74, 6) is 0.0648. The van der Waals surface area contributed by atoms with E-state index in [1.54, 1.807) is 12.1 Å². The standard InChI is InChI=1S/C17H22ClFN2O2.ClH/c18-14-8-11(4-5-15(14)19)16-10-21(6-7-23-16)17(22)13-3-1-2-12(13)9-20;/h4-5,8,12-13,16H,1-3,6-7,9-10,20H2;1H/t12-,13-,16?;/m1./s1. The molecule has 0 bridgehead atoms. The SMILES string of the molecule is Cl.NC[C@H]1CCC[C@H]1C(=O)N1CCOC(c2ccc(F)c(Cl)c2)C1. The van der Waals surface area contributed by atoms with Crippen molar-refractivity contribution in [2.75, 3.05) is 26.2 Å². The lowest BCUT2D eigenvalue weighted by Crippen LogP contribution is -2.46. The monoisotopic (exact) mass is 376 g/mol. The van der Waals surface area contributed by atoms with Crippen molar-refractivity contribution in [3.8, 4) is 0 Å². The van der Waals surface area contributed by atoms with E-state index in [2.05, 4.69) is 0 Å². The first kappa shape index (κ1) is 19.4. The summed E-state index contributed by atoms with van der Waals surface area (Å²) in [5.41, 5.74) is 6.60. The zero-order valence-corrected chi connectivity index (χ0v) is 15.0. The van der Waals surface area contributed by atoms with Gasteiger partial charge in [0.25, 0.3) is 0 Å². The summed E-state index contributed by atoms with van der Waals surface area (Å²) >= 11 is 5.85. The summed E-state index contributed by atoms with van der Waals surface area (Å²) < 4.78 is 19.1. The van der Waals surface area contributed by atoms with Gasteiger partial charge in [0.2, 0.25) is 5.91 Å². The second kappa shape index (κ2) is 8.48. The van der Waals surface area contributed by atoms with E-state index in [9.17, 15) is 9.18 Å². The summed E-state index contributed by atoms with van der Waals surface area (Å²) in [4.78, 5) is 14.7. The highest BCUT2D eigenvalue weighted by Crippen LogP contribution is 2.34. The van der Waals surface area contributed by atoms with E-state index < -0.39 is 5.82 Å². The molecule has 1 amide bonds. The molecule has 1 saturated carbocycles. The van der Waals surface area contributed by atoms with E-state index in [0.717, 1.165) is 24.8 Å². The van der Waals surface area contributed by atoms with Gasteiger partial charge in [0.1, 0.15) is 11.9 Å². The number of benzene rings is 1. The van der Waals surface area contributed by atoms with Crippen molar-refractivity contribution in [1.29, 1.82) is 0 Å². The molecular formula is C17H23Cl2FN2O2. The predicted octanol–water partition coefficient (Wildman–Crippen LogP) is 3.18. The molecule has 4 nitrogen and oxygen atoms in total. The molecule has 0 radical (unpaired) electrons. The van der Waals surface area contributed by atoms with Gasteiger partial charge in [-0.2, -0.15) is 0 Å². The van der Waals surface area contributed by atoms with Gasteiger partial charge in [-0.15, -0.1) is 12.4 Å². The van der Waals surface area contributed by atoms with Gasteiger partial charge in [0, 0.05) is 12.5 Å². The van der Waals surface area contributed by atoms with Crippen LogP contribution in [0.25, 0.3) is 0 Å². The maximum Gasteiger partial charge on any atom is 0.226 e. The summed E-state index contributed by atoms with van der Waals surface area (Å²) in [6, 6.07) is 4.58. The Morgan fingerprint density at radius 3 is 2.92 bits per heavy atom. The Labute approximate surface area is 152 Å². The number of nitrogens with two attached hydrogens (primary N) is 1. The first-order chi connectivity index (χ1) is 11.1. The smallest absolute Gasteiger partial charge is 0.226 e. The fourth-order valence-electron chi connectivity index (χ4n) is 3.64. The van der Waals surface area contributed by atoms with Gasteiger partial charge < -0.3 is 15.4 Å². The average Bonchev–Trinajstić information content (AvgIpc) is 3.05. The van der Waals surface area contributed by atoms with Crippen LogP contribution in [0.15, 0.2) is 18.2 Å². The van der Waals surface area contributed by atoms with Crippen LogP contribution < -0.4 is 5.73 Å². The molecule has 1 aliphatic heterocycles. The van der Waals surface area contributed by atoms with Gasteiger partial charge >= 0.3 is 0 Å². The van der Waals surface area contributed by atoms with Crippen molar-refractivity contribution < 1.29 is 13.9 Å². The Bertz CT molecular complexity index is 588. The second-order valence-electron chi connectivity index (χ2n) is 6.35. The molecular weight excluding hydrogens is 354 g/mol. The molecule has 3 rings (SSSR count). The number of carbonyl (C=O) groups is 1. The molecule has 1 saturated heterocycles. The average molecular weight is 377 g/mol. The minimum absolute atomic E-state index is 0. The Morgan fingerprint density at radius 2 is 2.21 bits per heavy atom. The quantitative estimate of drug-likeness (QED) is 0.881. The van der Waals surface area contributed by atoms with Gasteiger partial charge in [-0.3, -0.25) is 4.79 Å². The number of nitrogens with zero attached hydrogens (tertiary/aromatic N) is 1. The highest BCUT2D eigenvalue weighted by Gasteiger charge is 2.36. The number of halogens is 3. The molecule has 1 aliphatic carbocycles. The number of ether oxygens (including phenoxy) is 1. The van der Waals surface area contributed by atoms with Crippen LogP contribution in [0.4, 0.5) is 4.39 Å². The molecule has 0 spiro atoms. The zero-order chi connectivity index (χ0) is 16.4. The molecule has 7 heteroatoms. The molecule has 134 valence electrons. The number of rotatable bonds is 3. The normalized spacial score (nSPS) is 27.0. The largest absolute Gasteiger partial charge is 0.370 e. The summed E-state index contributed by atoms with van der Waals surface area (Å²) in [7, 11) is 0. The molecule has 1 aromatic carbocycles. The molecule has 3 atom stereocenters. The Kier molecular flexibility index (Phi) is 6.87. The van der Waals surface area contributed by atoms with Crippen LogP contribution in [0.2, 0.25) is 5.02 Å². The lowest BCUT2D eigenvalue weighted by atomic mass is 9.94. The third kappa shape index (κ3) is 4.02. The van der Waals surface area contributed by atoms with Crippen molar-refractivity contribution in [1.82, 2.24) is 4.90 Å². The van der Waals surface area contributed by atoms with Gasteiger partial charge in [0.05, 0.1) is 18.2 Å². The van der Waals surface area contributed by atoms with Crippen LogP contribution in [0, 0.1) is 17.7 Å². The molecule has 2 aliphatic rings. The van der Waals surface area contributed by atoms with Crippen LogP contribution in [-0.2, 0) is 9.53 Å². The van der Waals surface area contributed by atoms with E-state index in [1.165, 1.54) is 6.07 Å². The Hall–Kier alpha value is -0.880. The first-order valence-corrected chi connectivity index (χ1v) is 8.53. The fraction of sp³-hybridized carbons (Fsp3) is 0.588. The van der Waals surface area contributed by atoms with Crippen LogP contribution in [0.5, 0.6) is 0 Å².